The van der Waals surface area contributed by atoms with Gasteiger partial charge in [0.2, 0.25) is 15.9 Å². The van der Waals surface area contributed by atoms with Crippen molar-refractivity contribution in [2.75, 3.05) is 12.4 Å². The Bertz CT molecular complexity index is 1050. The van der Waals surface area contributed by atoms with E-state index in [1.807, 2.05) is 30.3 Å². The van der Waals surface area contributed by atoms with Gasteiger partial charge in [0.05, 0.1) is 4.90 Å². The molecule has 0 heterocycles. The highest BCUT2D eigenvalue weighted by Crippen LogP contribution is 2.30. The zero-order chi connectivity index (χ0) is 18.7. The molecule has 0 aromatic heterocycles. The van der Waals surface area contributed by atoms with Crippen molar-refractivity contribution in [3.63, 3.8) is 0 Å². The second kappa shape index (κ2) is 7.27. The van der Waals surface area contributed by atoms with Gasteiger partial charge in [-0.3, -0.25) is 4.79 Å². The number of nitrogens with zero attached hydrogens (tertiary/aromatic N) is 1. The fourth-order valence-corrected chi connectivity index (χ4v) is 4.26. The largest absolute Gasteiger partial charge is 0.326 e. The van der Waals surface area contributed by atoms with Crippen LogP contribution in [0.15, 0.2) is 71.6 Å². The molecule has 5 nitrogen and oxygen atoms in total. The summed E-state index contributed by atoms with van der Waals surface area (Å²) in [5, 5.41) is 4.02. The molecule has 0 radical (unpaired) electrons. The van der Waals surface area contributed by atoms with Crippen molar-refractivity contribution in [2.24, 2.45) is 0 Å². The Morgan fingerprint density at radius 3 is 2.27 bits per heavy atom. The lowest BCUT2D eigenvalue weighted by Gasteiger charge is -2.19. The van der Waals surface area contributed by atoms with Crippen molar-refractivity contribution in [3.8, 4) is 0 Å². The summed E-state index contributed by atoms with van der Waals surface area (Å²) in [6, 6.07) is 19.8. The second-order valence-corrected chi connectivity index (χ2v) is 8.10. The quantitative estimate of drug-likeness (QED) is 0.748. The van der Waals surface area contributed by atoms with Crippen LogP contribution < -0.4 is 5.32 Å². The van der Waals surface area contributed by atoms with Crippen LogP contribution in [0.4, 0.5) is 5.69 Å². The maximum atomic E-state index is 13.1. The van der Waals surface area contributed by atoms with Crippen LogP contribution in [0.2, 0.25) is 0 Å². The molecule has 1 N–H and O–H groups in total. The number of carbonyl (C=O) groups excluding carboxylic acids is 1. The first kappa shape index (κ1) is 18.1. The maximum absolute atomic E-state index is 13.1. The first-order valence-corrected chi connectivity index (χ1v) is 9.63. The van der Waals surface area contributed by atoms with Crippen molar-refractivity contribution in [1.29, 1.82) is 0 Å². The summed E-state index contributed by atoms with van der Waals surface area (Å²) < 4.78 is 27.6. The minimum atomic E-state index is -3.69. The van der Waals surface area contributed by atoms with Crippen LogP contribution in [0.5, 0.6) is 0 Å². The van der Waals surface area contributed by atoms with Crippen LogP contribution in [-0.2, 0) is 21.4 Å². The van der Waals surface area contributed by atoms with Gasteiger partial charge in [-0.05, 0) is 17.7 Å². The Labute approximate surface area is 153 Å². The Kier molecular flexibility index (Phi) is 5.06. The normalized spacial score (nSPS) is 11.7. The molecule has 134 valence electrons. The molecular weight excluding hydrogens is 348 g/mol. The summed E-state index contributed by atoms with van der Waals surface area (Å²) in [7, 11) is -2.12. The minimum absolute atomic E-state index is 0.202. The number of hydrogen-bond donors (Lipinski definition) is 1. The SMILES string of the molecule is CC(=O)Nc1cccc2c(S(=O)(=O)N(C)Cc3ccccc3)cccc12. The van der Waals surface area contributed by atoms with Gasteiger partial charge >= 0.3 is 0 Å². The molecule has 6 heteroatoms. The molecule has 3 aromatic carbocycles. The Hall–Kier alpha value is -2.70. The number of hydrogen-bond acceptors (Lipinski definition) is 3. The average Bonchev–Trinajstić information content (AvgIpc) is 2.62. The second-order valence-electron chi connectivity index (χ2n) is 6.08. The fourth-order valence-electron chi connectivity index (χ4n) is 2.90. The van der Waals surface area contributed by atoms with Crippen LogP contribution in [0.3, 0.4) is 0 Å². The van der Waals surface area contributed by atoms with Crippen LogP contribution >= 0.6 is 0 Å². The van der Waals surface area contributed by atoms with E-state index < -0.39 is 10.0 Å². The Morgan fingerprint density at radius 1 is 0.923 bits per heavy atom. The predicted molar refractivity (Wildman–Crippen MR) is 103 cm³/mol. The van der Waals surface area contributed by atoms with E-state index in [9.17, 15) is 13.2 Å². The molecule has 0 unspecified atom stereocenters. The number of amides is 1. The number of benzene rings is 3. The first-order chi connectivity index (χ1) is 12.4. The van der Waals surface area contributed by atoms with Crippen molar-refractivity contribution in [2.45, 2.75) is 18.4 Å². The predicted octanol–water partition coefficient (Wildman–Crippen LogP) is 3.62. The Morgan fingerprint density at radius 2 is 1.58 bits per heavy atom. The zero-order valence-electron chi connectivity index (χ0n) is 14.6. The van der Waals surface area contributed by atoms with E-state index in [1.165, 1.54) is 11.2 Å². The average molecular weight is 368 g/mol. The van der Waals surface area contributed by atoms with Crippen molar-refractivity contribution in [3.05, 3.63) is 72.3 Å². The Balaban J connectivity index is 2.05. The number of sulfonamides is 1. The number of fused-ring (bicyclic) bond motifs is 1. The lowest BCUT2D eigenvalue weighted by Crippen LogP contribution is -2.26. The van der Waals surface area contributed by atoms with Gasteiger partial charge in [0.15, 0.2) is 0 Å². The highest BCUT2D eigenvalue weighted by molar-refractivity contribution is 7.89. The maximum Gasteiger partial charge on any atom is 0.243 e. The topological polar surface area (TPSA) is 66.5 Å². The summed E-state index contributed by atoms with van der Waals surface area (Å²) >= 11 is 0. The molecular formula is C20H20N2O3S. The molecule has 26 heavy (non-hydrogen) atoms. The van der Waals surface area contributed by atoms with E-state index in [0.717, 1.165) is 5.56 Å². The minimum Gasteiger partial charge on any atom is -0.326 e. The molecule has 0 saturated carbocycles. The first-order valence-electron chi connectivity index (χ1n) is 8.19. The van der Waals surface area contributed by atoms with E-state index in [1.54, 1.807) is 43.4 Å². The number of nitrogens with one attached hydrogen (secondary N) is 1. The smallest absolute Gasteiger partial charge is 0.243 e. The number of rotatable bonds is 5. The highest BCUT2D eigenvalue weighted by Gasteiger charge is 2.23. The third-order valence-corrected chi connectivity index (χ3v) is 5.99. The van der Waals surface area contributed by atoms with Crippen molar-refractivity contribution < 1.29 is 13.2 Å². The lowest BCUT2D eigenvalue weighted by molar-refractivity contribution is -0.114. The molecule has 0 bridgehead atoms. The molecule has 0 atom stereocenters. The monoisotopic (exact) mass is 368 g/mol. The van der Waals surface area contributed by atoms with Gasteiger partial charge in [-0.15, -0.1) is 0 Å². The van der Waals surface area contributed by atoms with Gasteiger partial charge in [-0.1, -0.05) is 54.6 Å². The zero-order valence-corrected chi connectivity index (χ0v) is 15.5. The van der Waals surface area contributed by atoms with Crippen LogP contribution in [-0.4, -0.2) is 25.7 Å². The molecule has 0 aliphatic carbocycles. The van der Waals surface area contributed by atoms with Gasteiger partial charge in [-0.25, -0.2) is 8.42 Å². The third kappa shape index (κ3) is 3.61. The highest BCUT2D eigenvalue weighted by atomic mass is 32.2. The van der Waals surface area contributed by atoms with E-state index in [2.05, 4.69) is 5.32 Å². The standard InChI is InChI=1S/C20H20N2O3S/c1-15(23)21-19-12-6-11-18-17(19)10-7-13-20(18)26(24,25)22(2)14-16-8-4-3-5-9-16/h3-13H,14H2,1-2H3,(H,21,23). The molecule has 0 saturated heterocycles. The van der Waals surface area contributed by atoms with Gasteiger partial charge < -0.3 is 5.32 Å². The van der Waals surface area contributed by atoms with Gasteiger partial charge in [0, 0.05) is 37.0 Å². The molecule has 0 aliphatic heterocycles. The van der Waals surface area contributed by atoms with E-state index >= 15 is 0 Å². The molecule has 0 spiro atoms. The third-order valence-electron chi connectivity index (χ3n) is 4.13. The van der Waals surface area contributed by atoms with Crippen LogP contribution in [0.1, 0.15) is 12.5 Å². The van der Waals surface area contributed by atoms with Crippen molar-refractivity contribution >= 4 is 32.4 Å². The molecule has 0 fully saturated rings. The molecule has 1 amide bonds. The summed E-state index contributed by atoms with van der Waals surface area (Å²) in [4.78, 5) is 11.6. The van der Waals surface area contributed by atoms with Crippen LogP contribution in [0.25, 0.3) is 10.8 Å². The lowest BCUT2D eigenvalue weighted by atomic mass is 10.1. The van der Waals surface area contributed by atoms with E-state index in [0.29, 0.717) is 16.5 Å². The summed E-state index contributed by atoms with van der Waals surface area (Å²) in [5.74, 6) is -0.202. The van der Waals surface area contributed by atoms with Crippen molar-refractivity contribution in [1.82, 2.24) is 4.31 Å². The van der Waals surface area contributed by atoms with Gasteiger partial charge in [-0.2, -0.15) is 4.31 Å². The molecule has 0 aliphatic rings. The number of carbonyl (C=O) groups is 1. The molecule has 3 aromatic rings. The molecule has 3 rings (SSSR count). The number of anilines is 1. The van der Waals surface area contributed by atoms with Gasteiger partial charge in [0.1, 0.15) is 0 Å². The van der Waals surface area contributed by atoms with E-state index in [-0.39, 0.29) is 17.3 Å². The fraction of sp³-hybridized carbons (Fsp3) is 0.150. The summed E-state index contributed by atoms with van der Waals surface area (Å²) in [5.41, 5.74) is 1.51. The summed E-state index contributed by atoms with van der Waals surface area (Å²) in [6.45, 7) is 1.71. The van der Waals surface area contributed by atoms with Crippen LogP contribution in [0, 0.1) is 0 Å². The van der Waals surface area contributed by atoms with E-state index in [4.69, 9.17) is 0 Å². The summed E-state index contributed by atoms with van der Waals surface area (Å²) in [6.07, 6.45) is 0. The van der Waals surface area contributed by atoms with Gasteiger partial charge in [0.25, 0.3) is 0 Å².